The summed E-state index contributed by atoms with van der Waals surface area (Å²) >= 11 is 0. The van der Waals surface area contributed by atoms with Crippen molar-refractivity contribution in [2.45, 2.75) is 12.8 Å². The van der Waals surface area contributed by atoms with E-state index in [1.807, 2.05) is 48.5 Å². The number of methoxy groups -OCH3 is 1. The minimum absolute atomic E-state index is 0. The predicted molar refractivity (Wildman–Crippen MR) is 101 cm³/mol. The van der Waals surface area contributed by atoms with E-state index in [1.54, 1.807) is 7.11 Å². The molecule has 0 aromatic heterocycles. The maximum Gasteiger partial charge on any atom is 0.253 e. The number of carbonyl (C=O) groups excluding carboxylic acids is 1. The molecule has 4 N–H and O–H groups in total. The maximum absolute atomic E-state index is 12.3. The van der Waals surface area contributed by atoms with Gasteiger partial charge in [-0.1, -0.05) is 12.1 Å². The monoisotopic (exact) mass is 349 g/mol. The van der Waals surface area contributed by atoms with Gasteiger partial charge in [0.25, 0.3) is 5.91 Å². The first-order valence-corrected chi connectivity index (χ1v) is 7.73. The number of halogens is 1. The Balaban J connectivity index is 0.00000288. The molecule has 0 aliphatic rings. The zero-order chi connectivity index (χ0) is 16.5. The van der Waals surface area contributed by atoms with E-state index < -0.39 is 0 Å². The van der Waals surface area contributed by atoms with Crippen molar-refractivity contribution in [3.05, 3.63) is 54.1 Å². The molecule has 6 heteroatoms. The molecule has 0 aliphatic carbocycles. The van der Waals surface area contributed by atoms with Crippen molar-refractivity contribution < 1.29 is 9.53 Å². The van der Waals surface area contributed by atoms with Gasteiger partial charge in [-0.25, -0.2) is 0 Å². The van der Waals surface area contributed by atoms with E-state index in [1.165, 1.54) is 0 Å². The molecule has 0 fully saturated rings. The Morgan fingerprint density at radius 2 is 1.79 bits per heavy atom. The highest BCUT2D eigenvalue weighted by atomic mass is 35.5. The van der Waals surface area contributed by atoms with Crippen LogP contribution >= 0.6 is 12.4 Å². The topological polar surface area (TPSA) is 76.4 Å². The Hall–Kier alpha value is -2.24. The van der Waals surface area contributed by atoms with Crippen LogP contribution in [0.4, 0.5) is 11.4 Å². The van der Waals surface area contributed by atoms with Crippen LogP contribution in [0.2, 0.25) is 0 Å². The molecule has 5 nitrogen and oxygen atoms in total. The van der Waals surface area contributed by atoms with Gasteiger partial charge in [-0.2, -0.15) is 0 Å². The van der Waals surface area contributed by atoms with Crippen LogP contribution in [-0.2, 0) is 0 Å². The zero-order valence-corrected chi connectivity index (χ0v) is 14.6. The SMILES string of the molecule is COc1ccc(Nc2ccccc2C(=O)NCCCCN)cc1.Cl. The quantitative estimate of drug-likeness (QED) is 0.639. The molecular formula is C18H24ClN3O2. The van der Waals surface area contributed by atoms with E-state index in [0.29, 0.717) is 18.7 Å². The second kappa shape index (κ2) is 10.5. The molecule has 0 atom stereocenters. The van der Waals surface area contributed by atoms with Gasteiger partial charge in [-0.15, -0.1) is 12.4 Å². The van der Waals surface area contributed by atoms with Crippen LogP contribution in [0.25, 0.3) is 0 Å². The Morgan fingerprint density at radius 1 is 1.08 bits per heavy atom. The first kappa shape index (κ1) is 19.8. The average Bonchev–Trinajstić information content (AvgIpc) is 2.60. The van der Waals surface area contributed by atoms with Crippen molar-refractivity contribution in [2.75, 3.05) is 25.5 Å². The molecule has 0 saturated carbocycles. The molecule has 2 aromatic carbocycles. The number of benzene rings is 2. The highest BCUT2D eigenvalue weighted by Gasteiger charge is 2.10. The summed E-state index contributed by atoms with van der Waals surface area (Å²) in [6, 6.07) is 15.0. The fourth-order valence-electron chi connectivity index (χ4n) is 2.19. The lowest BCUT2D eigenvalue weighted by Gasteiger charge is -2.12. The van der Waals surface area contributed by atoms with Gasteiger partial charge in [0.05, 0.1) is 18.4 Å². The van der Waals surface area contributed by atoms with Gasteiger partial charge in [-0.3, -0.25) is 4.79 Å². The number of unbranched alkanes of at least 4 members (excludes halogenated alkanes) is 1. The summed E-state index contributed by atoms with van der Waals surface area (Å²) in [4.78, 5) is 12.3. The molecule has 0 heterocycles. The van der Waals surface area contributed by atoms with Crippen molar-refractivity contribution >= 4 is 29.7 Å². The Labute approximate surface area is 149 Å². The molecule has 0 bridgehead atoms. The highest BCUT2D eigenvalue weighted by Crippen LogP contribution is 2.22. The van der Waals surface area contributed by atoms with Crippen LogP contribution in [0.3, 0.4) is 0 Å². The number of carbonyl (C=O) groups is 1. The summed E-state index contributed by atoms with van der Waals surface area (Å²) < 4.78 is 5.14. The lowest BCUT2D eigenvalue weighted by atomic mass is 10.1. The number of hydrogen-bond donors (Lipinski definition) is 3. The number of nitrogens with one attached hydrogen (secondary N) is 2. The van der Waals surface area contributed by atoms with Crippen LogP contribution in [0.5, 0.6) is 5.75 Å². The van der Waals surface area contributed by atoms with E-state index in [9.17, 15) is 4.79 Å². The van der Waals surface area contributed by atoms with Gasteiger partial charge in [0.1, 0.15) is 5.75 Å². The third-order valence-electron chi connectivity index (χ3n) is 3.46. The normalized spacial score (nSPS) is 9.75. The number of para-hydroxylation sites is 1. The molecule has 2 aromatic rings. The third-order valence-corrected chi connectivity index (χ3v) is 3.46. The highest BCUT2D eigenvalue weighted by molar-refractivity contribution is 6.00. The molecular weight excluding hydrogens is 326 g/mol. The molecule has 0 unspecified atom stereocenters. The van der Waals surface area contributed by atoms with Gasteiger partial charge >= 0.3 is 0 Å². The van der Waals surface area contributed by atoms with Crippen LogP contribution in [0.15, 0.2) is 48.5 Å². The lowest BCUT2D eigenvalue weighted by molar-refractivity contribution is 0.0954. The van der Waals surface area contributed by atoms with Crippen LogP contribution < -0.4 is 21.1 Å². The van der Waals surface area contributed by atoms with E-state index in [-0.39, 0.29) is 18.3 Å². The second-order valence-corrected chi connectivity index (χ2v) is 5.15. The van der Waals surface area contributed by atoms with Gasteiger partial charge < -0.3 is 21.1 Å². The van der Waals surface area contributed by atoms with Gasteiger partial charge in [0.2, 0.25) is 0 Å². The number of ether oxygens (including phenoxy) is 1. The standard InChI is InChI=1S/C18H23N3O2.ClH/c1-23-15-10-8-14(9-11-15)21-17-7-3-2-6-16(17)18(22)20-13-5-4-12-19;/h2-3,6-11,21H,4-5,12-13,19H2,1H3,(H,20,22);1H. The van der Waals surface area contributed by atoms with E-state index in [0.717, 1.165) is 30.0 Å². The predicted octanol–water partition coefficient (Wildman–Crippen LogP) is 3.33. The van der Waals surface area contributed by atoms with Gasteiger partial charge in [-0.05, 0) is 55.8 Å². The molecule has 0 aliphatic heterocycles. The summed E-state index contributed by atoms with van der Waals surface area (Å²) in [6.45, 7) is 1.28. The van der Waals surface area contributed by atoms with E-state index >= 15 is 0 Å². The Morgan fingerprint density at radius 3 is 2.46 bits per heavy atom. The van der Waals surface area contributed by atoms with Crippen LogP contribution in [-0.4, -0.2) is 26.1 Å². The Kier molecular flexibility index (Phi) is 8.68. The summed E-state index contributed by atoms with van der Waals surface area (Å²) in [5.74, 6) is 0.708. The number of anilines is 2. The molecule has 2 rings (SSSR count). The molecule has 0 spiro atoms. The van der Waals surface area contributed by atoms with Crippen molar-refractivity contribution in [3.63, 3.8) is 0 Å². The number of amides is 1. The minimum atomic E-state index is -0.0846. The summed E-state index contributed by atoms with van der Waals surface area (Å²) in [7, 11) is 1.63. The second-order valence-electron chi connectivity index (χ2n) is 5.15. The summed E-state index contributed by atoms with van der Waals surface area (Å²) in [6.07, 6.45) is 1.79. The zero-order valence-electron chi connectivity index (χ0n) is 13.7. The molecule has 0 saturated heterocycles. The van der Waals surface area contributed by atoms with Gasteiger partial charge in [0.15, 0.2) is 0 Å². The smallest absolute Gasteiger partial charge is 0.253 e. The maximum atomic E-state index is 12.3. The fraction of sp³-hybridized carbons (Fsp3) is 0.278. The summed E-state index contributed by atoms with van der Waals surface area (Å²) in [5.41, 5.74) is 7.75. The molecule has 1 amide bonds. The van der Waals surface area contributed by atoms with Crippen molar-refractivity contribution in [1.82, 2.24) is 5.32 Å². The van der Waals surface area contributed by atoms with Crippen molar-refractivity contribution in [2.24, 2.45) is 5.73 Å². The summed E-state index contributed by atoms with van der Waals surface area (Å²) in [5, 5.41) is 6.19. The Bertz CT molecular complexity index is 632. The molecule has 130 valence electrons. The number of nitrogens with two attached hydrogens (primary N) is 1. The third kappa shape index (κ3) is 5.76. The number of hydrogen-bond acceptors (Lipinski definition) is 4. The minimum Gasteiger partial charge on any atom is -0.497 e. The largest absolute Gasteiger partial charge is 0.497 e. The first-order chi connectivity index (χ1) is 11.2. The molecule has 24 heavy (non-hydrogen) atoms. The first-order valence-electron chi connectivity index (χ1n) is 7.73. The fourth-order valence-corrected chi connectivity index (χ4v) is 2.19. The lowest BCUT2D eigenvalue weighted by Crippen LogP contribution is -2.25. The van der Waals surface area contributed by atoms with E-state index in [4.69, 9.17) is 10.5 Å². The molecule has 0 radical (unpaired) electrons. The van der Waals surface area contributed by atoms with Crippen LogP contribution in [0.1, 0.15) is 23.2 Å². The van der Waals surface area contributed by atoms with E-state index in [2.05, 4.69) is 10.6 Å². The van der Waals surface area contributed by atoms with Crippen molar-refractivity contribution in [1.29, 1.82) is 0 Å². The van der Waals surface area contributed by atoms with Crippen LogP contribution in [0, 0.1) is 0 Å². The van der Waals surface area contributed by atoms with Crippen molar-refractivity contribution in [3.8, 4) is 5.75 Å². The van der Waals surface area contributed by atoms with Gasteiger partial charge in [0, 0.05) is 12.2 Å². The number of rotatable bonds is 8. The average molecular weight is 350 g/mol.